The summed E-state index contributed by atoms with van der Waals surface area (Å²) in [7, 11) is 1.66. The van der Waals surface area contributed by atoms with Gasteiger partial charge in [-0.25, -0.2) is 0 Å². The van der Waals surface area contributed by atoms with Gasteiger partial charge in [0.2, 0.25) is 0 Å². The van der Waals surface area contributed by atoms with Crippen LogP contribution in [0.5, 0.6) is 5.75 Å². The van der Waals surface area contributed by atoms with Crippen LogP contribution in [0.15, 0.2) is 29.4 Å². The molecule has 0 saturated heterocycles. The number of para-hydroxylation sites is 1. The lowest BCUT2D eigenvalue weighted by Crippen LogP contribution is -2.01. The van der Waals surface area contributed by atoms with E-state index < -0.39 is 0 Å². The summed E-state index contributed by atoms with van der Waals surface area (Å²) in [5.41, 5.74) is 0.943. The lowest BCUT2D eigenvalue weighted by molar-refractivity contribution is 0.296. The van der Waals surface area contributed by atoms with Gasteiger partial charge in [0.25, 0.3) is 0 Å². The minimum absolute atomic E-state index is 0.201. The molecule has 0 fully saturated rings. The molecular formula is C14H19N3O2S. The molecule has 0 atom stereocenters. The summed E-state index contributed by atoms with van der Waals surface area (Å²) in [5.74, 6) is 2.44. The van der Waals surface area contributed by atoms with Gasteiger partial charge in [-0.2, -0.15) is 0 Å². The predicted octanol–water partition coefficient (Wildman–Crippen LogP) is 2.45. The van der Waals surface area contributed by atoms with E-state index in [2.05, 4.69) is 21.7 Å². The normalized spacial score (nSPS) is 10.8. The van der Waals surface area contributed by atoms with E-state index in [1.54, 1.807) is 18.9 Å². The lowest BCUT2D eigenvalue weighted by atomic mass is 10.2. The number of ether oxygens (including phenoxy) is 1. The Balaban J connectivity index is 2.32. The van der Waals surface area contributed by atoms with Crippen LogP contribution in [0.25, 0.3) is 11.4 Å². The molecule has 0 radical (unpaired) electrons. The first-order chi connectivity index (χ1) is 9.81. The molecule has 1 heterocycles. The van der Waals surface area contributed by atoms with Gasteiger partial charge >= 0.3 is 0 Å². The number of aliphatic hydroxyl groups is 1. The van der Waals surface area contributed by atoms with Crippen LogP contribution in [-0.2, 0) is 6.54 Å². The van der Waals surface area contributed by atoms with Gasteiger partial charge in [0.1, 0.15) is 5.75 Å². The second-order valence-corrected chi connectivity index (χ2v) is 5.24. The fourth-order valence-corrected chi connectivity index (χ4v) is 2.86. The second kappa shape index (κ2) is 7.31. The topological polar surface area (TPSA) is 60.2 Å². The summed E-state index contributed by atoms with van der Waals surface area (Å²) in [6.45, 7) is 3.06. The van der Waals surface area contributed by atoms with Crippen LogP contribution in [0.4, 0.5) is 0 Å². The molecule has 0 bridgehead atoms. The van der Waals surface area contributed by atoms with Crippen LogP contribution < -0.4 is 4.74 Å². The van der Waals surface area contributed by atoms with E-state index in [9.17, 15) is 0 Å². The van der Waals surface area contributed by atoms with E-state index in [1.165, 1.54) is 0 Å². The molecule has 0 aliphatic rings. The molecule has 0 aliphatic heterocycles. The highest BCUT2D eigenvalue weighted by molar-refractivity contribution is 7.99. The van der Waals surface area contributed by atoms with Crippen LogP contribution in [-0.4, -0.2) is 39.3 Å². The summed E-state index contributed by atoms with van der Waals surface area (Å²) in [6, 6.07) is 7.80. The summed E-state index contributed by atoms with van der Waals surface area (Å²) in [6.07, 6.45) is 0.755. The van der Waals surface area contributed by atoms with Crippen molar-refractivity contribution in [2.45, 2.75) is 25.0 Å². The fourth-order valence-electron chi connectivity index (χ4n) is 1.94. The Morgan fingerprint density at radius 2 is 2.10 bits per heavy atom. The molecule has 108 valence electrons. The Bertz CT molecular complexity index is 557. The number of rotatable bonds is 7. The van der Waals surface area contributed by atoms with Crippen molar-refractivity contribution in [3.63, 3.8) is 0 Å². The number of thioether (sulfide) groups is 1. The van der Waals surface area contributed by atoms with Gasteiger partial charge in [0.05, 0.1) is 12.7 Å². The molecule has 0 aliphatic carbocycles. The Hall–Kier alpha value is -1.53. The summed E-state index contributed by atoms with van der Waals surface area (Å²) in [5, 5.41) is 18.3. The summed E-state index contributed by atoms with van der Waals surface area (Å²) < 4.78 is 7.46. The van der Waals surface area contributed by atoms with Crippen molar-refractivity contribution in [3.8, 4) is 17.1 Å². The van der Waals surface area contributed by atoms with Crippen LogP contribution in [0.3, 0.4) is 0 Å². The maximum atomic E-state index is 8.85. The molecule has 2 rings (SSSR count). The van der Waals surface area contributed by atoms with E-state index in [0.717, 1.165) is 41.0 Å². The maximum absolute atomic E-state index is 8.85. The Kier molecular flexibility index (Phi) is 5.43. The van der Waals surface area contributed by atoms with E-state index in [-0.39, 0.29) is 6.61 Å². The molecule has 5 nitrogen and oxygen atoms in total. The molecule has 1 N–H and O–H groups in total. The van der Waals surface area contributed by atoms with Crippen LogP contribution >= 0.6 is 11.8 Å². The molecule has 1 aromatic carbocycles. The van der Waals surface area contributed by atoms with Crippen molar-refractivity contribution in [3.05, 3.63) is 24.3 Å². The average Bonchev–Trinajstić information content (AvgIpc) is 2.90. The maximum Gasteiger partial charge on any atom is 0.191 e. The third-order valence-electron chi connectivity index (χ3n) is 2.91. The quantitative estimate of drug-likeness (QED) is 0.627. The van der Waals surface area contributed by atoms with Crippen molar-refractivity contribution in [1.82, 2.24) is 14.8 Å². The zero-order valence-electron chi connectivity index (χ0n) is 11.7. The number of aliphatic hydroxyl groups excluding tert-OH is 1. The second-order valence-electron chi connectivity index (χ2n) is 4.18. The number of nitrogens with zero attached hydrogens (tertiary/aromatic N) is 3. The molecule has 0 saturated carbocycles. The van der Waals surface area contributed by atoms with Gasteiger partial charge in [-0.15, -0.1) is 10.2 Å². The minimum atomic E-state index is 0.201. The Labute approximate surface area is 123 Å². The van der Waals surface area contributed by atoms with Gasteiger partial charge in [0.15, 0.2) is 11.0 Å². The molecule has 1 aromatic heterocycles. The zero-order chi connectivity index (χ0) is 14.4. The Morgan fingerprint density at radius 3 is 2.80 bits per heavy atom. The highest BCUT2D eigenvalue weighted by atomic mass is 32.2. The molecular weight excluding hydrogens is 274 g/mol. The van der Waals surface area contributed by atoms with E-state index in [1.807, 2.05) is 24.3 Å². The van der Waals surface area contributed by atoms with Crippen molar-refractivity contribution >= 4 is 11.8 Å². The van der Waals surface area contributed by atoms with Gasteiger partial charge in [0, 0.05) is 18.9 Å². The minimum Gasteiger partial charge on any atom is -0.496 e. The van der Waals surface area contributed by atoms with Crippen LogP contribution in [0, 0.1) is 0 Å². The number of aromatic nitrogens is 3. The Morgan fingerprint density at radius 1 is 1.30 bits per heavy atom. The number of benzene rings is 1. The smallest absolute Gasteiger partial charge is 0.191 e. The molecule has 6 heteroatoms. The van der Waals surface area contributed by atoms with E-state index in [4.69, 9.17) is 9.84 Å². The number of hydrogen-bond donors (Lipinski definition) is 1. The van der Waals surface area contributed by atoms with E-state index >= 15 is 0 Å². The summed E-state index contributed by atoms with van der Waals surface area (Å²) >= 11 is 1.61. The molecule has 20 heavy (non-hydrogen) atoms. The fraction of sp³-hybridized carbons (Fsp3) is 0.429. The highest BCUT2D eigenvalue weighted by Gasteiger charge is 2.15. The standard InChI is InChI=1S/C14H19N3O2S/c1-3-17-13(11-7-4-5-8-12(11)19-2)15-16-14(17)20-10-6-9-18/h4-5,7-8,18H,3,6,9-10H2,1-2H3. The first kappa shape index (κ1) is 14.9. The van der Waals surface area contributed by atoms with Crippen molar-refractivity contribution in [2.75, 3.05) is 19.5 Å². The van der Waals surface area contributed by atoms with Gasteiger partial charge < -0.3 is 14.4 Å². The zero-order valence-corrected chi connectivity index (χ0v) is 12.6. The monoisotopic (exact) mass is 293 g/mol. The number of hydrogen-bond acceptors (Lipinski definition) is 5. The third kappa shape index (κ3) is 3.13. The molecule has 0 spiro atoms. The molecule has 0 unspecified atom stereocenters. The SMILES string of the molecule is CCn1c(SCCCO)nnc1-c1ccccc1OC. The van der Waals surface area contributed by atoms with Crippen molar-refractivity contribution in [1.29, 1.82) is 0 Å². The first-order valence-corrected chi connectivity index (χ1v) is 7.60. The lowest BCUT2D eigenvalue weighted by Gasteiger charge is -2.10. The first-order valence-electron chi connectivity index (χ1n) is 6.62. The highest BCUT2D eigenvalue weighted by Crippen LogP contribution is 2.30. The summed E-state index contributed by atoms with van der Waals surface area (Å²) in [4.78, 5) is 0. The van der Waals surface area contributed by atoms with Gasteiger partial charge in [-0.1, -0.05) is 23.9 Å². The van der Waals surface area contributed by atoms with Gasteiger partial charge in [-0.3, -0.25) is 0 Å². The predicted molar refractivity (Wildman–Crippen MR) is 80.1 cm³/mol. The van der Waals surface area contributed by atoms with E-state index in [0.29, 0.717) is 0 Å². The number of methoxy groups -OCH3 is 1. The van der Waals surface area contributed by atoms with Crippen LogP contribution in [0.1, 0.15) is 13.3 Å². The van der Waals surface area contributed by atoms with Crippen molar-refractivity contribution < 1.29 is 9.84 Å². The van der Waals surface area contributed by atoms with Crippen molar-refractivity contribution in [2.24, 2.45) is 0 Å². The average molecular weight is 293 g/mol. The van der Waals surface area contributed by atoms with Gasteiger partial charge in [-0.05, 0) is 25.5 Å². The largest absolute Gasteiger partial charge is 0.496 e. The van der Waals surface area contributed by atoms with Crippen LogP contribution in [0.2, 0.25) is 0 Å². The molecule has 2 aromatic rings. The molecule has 0 amide bonds. The third-order valence-corrected chi connectivity index (χ3v) is 3.97.